The van der Waals surface area contributed by atoms with Crippen molar-refractivity contribution in [3.63, 3.8) is 0 Å². The second kappa shape index (κ2) is 8.85. The predicted molar refractivity (Wildman–Crippen MR) is 85.2 cm³/mol. The SMILES string of the molecule is Cl.NCCC(=O)NCC1(N2CCCCC2)CCCCC1. The number of rotatable bonds is 5. The van der Waals surface area contributed by atoms with Gasteiger partial charge in [0.15, 0.2) is 0 Å². The Morgan fingerprint density at radius 3 is 2.25 bits per heavy atom. The largest absolute Gasteiger partial charge is 0.354 e. The lowest BCUT2D eigenvalue weighted by molar-refractivity contribution is -0.121. The summed E-state index contributed by atoms with van der Waals surface area (Å²) < 4.78 is 0. The minimum atomic E-state index is 0. The Balaban J connectivity index is 0.00000200. The van der Waals surface area contributed by atoms with Crippen molar-refractivity contribution in [1.29, 1.82) is 0 Å². The third kappa shape index (κ3) is 4.61. The number of amides is 1. The fraction of sp³-hybridized carbons (Fsp3) is 0.933. The molecule has 2 fully saturated rings. The van der Waals surface area contributed by atoms with Crippen LogP contribution in [0.5, 0.6) is 0 Å². The van der Waals surface area contributed by atoms with Crippen molar-refractivity contribution in [3.05, 3.63) is 0 Å². The van der Waals surface area contributed by atoms with Gasteiger partial charge in [0.05, 0.1) is 0 Å². The van der Waals surface area contributed by atoms with E-state index in [1.165, 1.54) is 64.5 Å². The Hall–Kier alpha value is -0.320. The first-order valence-corrected chi connectivity index (χ1v) is 7.99. The van der Waals surface area contributed by atoms with E-state index in [-0.39, 0.29) is 23.9 Å². The van der Waals surface area contributed by atoms with Gasteiger partial charge in [-0.1, -0.05) is 25.7 Å². The smallest absolute Gasteiger partial charge is 0.221 e. The van der Waals surface area contributed by atoms with Crippen LogP contribution in [0.25, 0.3) is 0 Å². The molecular weight excluding hydrogens is 274 g/mol. The van der Waals surface area contributed by atoms with Gasteiger partial charge in [-0.25, -0.2) is 0 Å². The van der Waals surface area contributed by atoms with Gasteiger partial charge in [0.2, 0.25) is 5.91 Å². The molecule has 0 aromatic carbocycles. The van der Waals surface area contributed by atoms with Gasteiger partial charge in [0, 0.05) is 25.0 Å². The van der Waals surface area contributed by atoms with E-state index in [1.807, 2.05) is 0 Å². The highest BCUT2D eigenvalue weighted by atomic mass is 35.5. The molecule has 0 unspecified atom stereocenters. The minimum absolute atomic E-state index is 0. The first kappa shape index (κ1) is 17.7. The van der Waals surface area contributed by atoms with E-state index in [1.54, 1.807) is 0 Å². The van der Waals surface area contributed by atoms with Crippen molar-refractivity contribution < 1.29 is 4.79 Å². The molecule has 4 nitrogen and oxygen atoms in total. The summed E-state index contributed by atoms with van der Waals surface area (Å²) in [7, 11) is 0. The van der Waals surface area contributed by atoms with Crippen molar-refractivity contribution in [2.45, 2.75) is 63.3 Å². The van der Waals surface area contributed by atoms with Gasteiger partial charge in [-0.05, 0) is 38.8 Å². The molecule has 2 aliphatic rings. The summed E-state index contributed by atoms with van der Waals surface area (Å²) in [4.78, 5) is 14.4. The van der Waals surface area contributed by atoms with Crippen LogP contribution < -0.4 is 11.1 Å². The molecular formula is C15H30ClN3O. The Morgan fingerprint density at radius 2 is 1.65 bits per heavy atom. The summed E-state index contributed by atoms with van der Waals surface area (Å²) in [5.41, 5.74) is 5.68. The Morgan fingerprint density at radius 1 is 1.05 bits per heavy atom. The van der Waals surface area contributed by atoms with Crippen molar-refractivity contribution >= 4 is 18.3 Å². The molecule has 1 amide bonds. The van der Waals surface area contributed by atoms with E-state index in [0.717, 1.165) is 6.54 Å². The highest BCUT2D eigenvalue weighted by molar-refractivity contribution is 5.85. The lowest BCUT2D eigenvalue weighted by Gasteiger charge is -2.48. The lowest BCUT2D eigenvalue weighted by atomic mass is 9.79. The first-order chi connectivity index (χ1) is 9.27. The topological polar surface area (TPSA) is 58.4 Å². The summed E-state index contributed by atoms with van der Waals surface area (Å²) in [6.45, 7) is 3.70. The van der Waals surface area contributed by atoms with Gasteiger partial charge in [0.25, 0.3) is 0 Å². The third-order valence-electron chi connectivity index (χ3n) is 4.80. The average Bonchev–Trinajstić information content (AvgIpc) is 2.47. The molecule has 1 saturated heterocycles. The van der Waals surface area contributed by atoms with Gasteiger partial charge in [-0.2, -0.15) is 0 Å². The van der Waals surface area contributed by atoms with E-state index in [0.29, 0.717) is 13.0 Å². The quantitative estimate of drug-likeness (QED) is 0.817. The van der Waals surface area contributed by atoms with Crippen LogP contribution >= 0.6 is 12.4 Å². The zero-order chi connectivity index (χ0) is 13.6. The van der Waals surface area contributed by atoms with E-state index >= 15 is 0 Å². The predicted octanol–water partition coefficient (Wildman–Crippen LogP) is 2.06. The molecule has 0 radical (unpaired) electrons. The monoisotopic (exact) mass is 303 g/mol. The van der Waals surface area contributed by atoms with Crippen LogP contribution in [-0.4, -0.2) is 42.5 Å². The van der Waals surface area contributed by atoms with E-state index in [9.17, 15) is 4.79 Å². The fourth-order valence-electron chi connectivity index (χ4n) is 3.67. The Kier molecular flexibility index (Phi) is 7.85. The van der Waals surface area contributed by atoms with Crippen LogP contribution in [0, 0.1) is 0 Å². The number of piperidine rings is 1. The molecule has 1 saturated carbocycles. The third-order valence-corrected chi connectivity index (χ3v) is 4.80. The summed E-state index contributed by atoms with van der Waals surface area (Å²) >= 11 is 0. The van der Waals surface area contributed by atoms with Crippen LogP contribution in [0.4, 0.5) is 0 Å². The lowest BCUT2D eigenvalue weighted by Crippen LogP contribution is -2.58. The molecule has 0 aromatic heterocycles. The number of likely N-dealkylation sites (tertiary alicyclic amines) is 1. The second-order valence-corrected chi connectivity index (χ2v) is 6.15. The Labute approximate surface area is 129 Å². The summed E-state index contributed by atoms with van der Waals surface area (Å²) in [5, 5.41) is 3.13. The summed E-state index contributed by atoms with van der Waals surface area (Å²) in [6, 6.07) is 0. The molecule has 118 valence electrons. The second-order valence-electron chi connectivity index (χ2n) is 6.15. The number of hydrogen-bond acceptors (Lipinski definition) is 3. The number of nitrogens with two attached hydrogens (primary N) is 1. The number of halogens is 1. The summed E-state index contributed by atoms with van der Waals surface area (Å²) in [5.74, 6) is 0.115. The number of nitrogens with one attached hydrogen (secondary N) is 1. The first-order valence-electron chi connectivity index (χ1n) is 7.99. The molecule has 1 aliphatic heterocycles. The van der Waals surface area contributed by atoms with Crippen LogP contribution in [0.1, 0.15) is 57.8 Å². The van der Waals surface area contributed by atoms with Crippen LogP contribution in [0.2, 0.25) is 0 Å². The van der Waals surface area contributed by atoms with E-state index in [2.05, 4.69) is 10.2 Å². The fourth-order valence-corrected chi connectivity index (χ4v) is 3.67. The van der Waals surface area contributed by atoms with Crippen LogP contribution in [0.3, 0.4) is 0 Å². The molecule has 0 bridgehead atoms. The molecule has 1 heterocycles. The number of nitrogens with zero attached hydrogens (tertiary/aromatic N) is 1. The molecule has 0 atom stereocenters. The maximum Gasteiger partial charge on any atom is 0.221 e. The minimum Gasteiger partial charge on any atom is -0.354 e. The number of carbonyl (C=O) groups excluding carboxylic acids is 1. The molecule has 0 spiro atoms. The maximum atomic E-state index is 11.7. The van der Waals surface area contributed by atoms with Gasteiger partial charge >= 0.3 is 0 Å². The van der Waals surface area contributed by atoms with Gasteiger partial charge < -0.3 is 11.1 Å². The van der Waals surface area contributed by atoms with Crippen molar-refractivity contribution in [1.82, 2.24) is 10.2 Å². The average molecular weight is 304 g/mol. The van der Waals surface area contributed by atoms with E-state index in [4.69, 9.17) is 5.73 Å². The van der Waals surface area contributed by atoms with Crippen LogP contribution in [-0.2, 0) is 4.79 Å². The van der Waals surface area contributed by atoms with Crippen molar-refractivity contribution in [2.24, 2.45) is 5.73 Å². The van der Waals surface area contributed by atoms with Gasteiger partial charge in [-0.15, -0.1) is 12.4 Å². The van der Waals surface area contributed by atoms with Crippen LogP contribution in [0.15, 0.2) is 0 Å². The van der Waals surface area contributed by atoms with Gasteiger partial charge in [-0.3, -0.25) is 9.69 Å². The molecule has 2 rings (SSSR count). The molecule has 5 heteroatoms. The van der Waals surface area contributed by atoms with Crippen molar-refractivity contribution in [2.75, 3.05) is 26.2 Å². The van der Waals surface area contributed by atoms with E-state index < -0.39 is 0 Å². The summed E-state index contributed by atoms with van der Waals surface area (Å²) in [6.07, 6.45) is 10.9. The molecule has 1 aliphatic carbocycles. The number of hydrogen-bond donors (Lipinski definition) is 2. The van der Waals surface area contributed by atoms with Crippen molar-refractivity contribution in [3.8, 4) is 0 Å². The Bertz CT molecular complexity index is 287. The maximum absolute atomic E-state index is 11.7. The highest BCUT2D eigenvalue weighted by Gasteiger charge is 2.38. The molecule has 3 N–H and O–H groups in total. The highest BCUT2D eigenvalue weighted by Crippen LogP contribution is 2.35. The number of carbonyl (C=O) groups is 1. The van der Waals surface area contributed by atoms with Gasteiger partial charge in [0.1, 0.15) is 0 Å². The zero-order valence-electron chi connectivity index (χ0n) is 12.5. The standard InChI is InChI=1S/C15H29N3O.ClH/c16-10-7-14(19)17-13-15(8-3-1-4-9-15)18-11-5-2-6-12-18;/h1-13,16H2,(H,17,19);1H. The zero-order valence-corrected chi connectivity index (χ0v) is 13.3. The molecule has 20 heavy (non-hydrogen) atoms. The normalized spacial score (nSPS) is 22.9. The molecule has 0 aromatic rings.